The number of carbonyl (C=O) groups excluding carboxylic acids is 1. The van der Waals surface area contributed by atoms with Crippen LogP contribution in [0.3, 0.4) is 0 Å². The van der Waals surface area contributed by atoms with Gasteiger partial charge >= 0.3 is 0 Å². The molecule has 1 amide bonds. The maximum absolute atomic E-state index is 11.6. The summed E-state index contributed by atoms with van der Waals surface area (Å²) >= 11 is 0. The maximum Gasteiger partial charge on any atom is 0.225 e. The van der Waals surface area contributed by atoms with E-state index in [9.17, 15) is 4.79 Å². The Labute approximate surface area is 110 Å². The molecule has 3 heteroatoms. The van der Waals surface area contributed by atoms with Gasteiger partial charge < -0.3 is 10.1 Å². The molecule has 0 aromatic heterocycles. The predicted octanol–water partition coefficient (Wildman–Crippen LogP) is 2.84. The Morgan fingerprint density at radius 1 is 1.22 bits per heavy atom. The van der Waals surface area contributed by atoms with Crippen molar-refractivity contribution in [3.05, 3.63) is 29.3 Å². The lowest BCUT2D eigenvalue weighted by atomic mass is 9.96. The molecule has 0 atom stereocenters. The first-order chi connectivity index (χ1) is 8.32. The summed E-state index contributed by atoms with van der Waals surface area (Å²) in [5.41, 5.74) is 1.90. The second-order valence-corrected chi connectivity index (χ2v) is 5.58. The fourth-order valence-electron chi connectivity index (χ4n) is 1.61. The molecule has 0 fully saturated rings. The minimum Gasteiger partial charge on any atom is -0.491 e. The molecule has 1 rings (SSSR count). The number of para-hydroxylation sites is 1. The Balaban J connectivity index is 2.41. The van der Waals surface area contributed by atoms with Gasteiger partial charge in [-0.2, -0.15) is 0 Å². The Kier molecular flexibility index (Phi) is 4.76. The molecule has 0 radical (unpaired) electrons. The summed E-state index contributed by atoms with van der Waals surface area (Å²) in [4.78, 5) is 11.6. The highest BCUT2D eigenvalue weighted by molar-refractivity contribution is 5.81. The number of ether oxygens (including phenoxy) is 1. The molecule has 1 aromatic carbocycles. The largest absolute Gasteiger partial charge is 0.491 e. The van der Waals surface area contributed by atoms with Gasteiger partial charge in [-0.3, -0.25) is 4.79 Å². The van der Waals surface area contributed by atoms with Crippen LogP contribution in [-0.2, 0) is 4.79 Å². The molecule has 0 saturated carbocycles. The van der Waals surface area contributed by atoms with Crippen molar-refractivity contribution < 1.29 is 9.53 Å². The molecule has 0 aliphatic carbocycles. The fraction of sp³-hybridized carbons (Fsp3) is 0.533. The Bertz CT molecular complexity index is 399. The van der Waals surface area contributed by atoms with Gasteiger partial charge in [0.25, 0.3) is 0 Å². The van der Waals surface area contributed by atoms with Crippen molar-refractivity contribution in [2.45, 2.75) is 34.6 Å². The van der Waals surface area contributed by atoms with E-state index < -0.39 is 0 Å². The topological polar surface area (TPSA) is 38.3 Å². The average molecular weight is 249 g/mol. The Morgan fingerprint density at radius 2 is 1.78 bits per heavy atom. The van der Waals surface area contributed by atoms with Crippen molar-refractivity contribution in [1.29, 1.82) is 0 Å². The highest BCUT2D eigenvalue weighted by atomic mass is 16.5. The van der Waals surface area contributed by atoms with Gasteiger partial charge in [-0.25, -0.2) is 0 Å². The molecule has 0 aliphatic rings. The predicted molar refractivity (Wildman–Crippen MR) is 73.9 cm³/mol. The van der Waals surface area contributed by atoms with Crippen molar-refractivity contribution in [2.75, 3.05) is 13.2 Å². The van der Waals surface area contributed by atoms with Gasteiger partial charge in [0.05, 0.1) is 6.54 Å². The number of carbonyl (C=O) groups is 1. The first-order valence-electron chi connectivity index (χ1n) is 6.29. The third-order valence-electron chi connectivity index (χ3n) is 2.72. The second kappa shape index (κ2) is 5.89. The van der Waals surface area contributed by atoms with Crippen LogP contribution in [0.1, 0.15) is 31.9 Å². The zero-order valence-electron chi connectivity index (χ0n) is 12.0. The third-order valence-corrected chi connectivity index (χ3v) is 2.72. The SMILES string of the molecule is Cc1cccc(C)c1OCCNC(=O)C(C)(C)C. The van der Waals surface area contributed by atoms with E-state index in [0.29, 0.717) is 13.2 Å². The zero-order chi connectivity index (χ0) is 13.8. The monoisotopic (exact) mass is 249 g/mol. The number of amides is 1. The molecule has 0 spiro atoms. The Hall–Kier alpha value is -1.51. The van der Waals surface area contributed by atoms with Crippen LogP contribution in [0.2, 0.25) is 0 Å². The van der Waals surface area contributed by atoms with Crippen LogP contribution in [0.5, 0.6) is 5.75 Å². The standard InChI is InChI=1S/C15H23NO2/c1-11-7-6-8-12(2)13(11)18-10-9-16-14(17)15(3,4)5/h6-8H,9-10H2,1-5H3,(H,16,17). The summed E-state index contributed by atoms with van der Waals surface area (Å²) in [6.45, 7) is 10.8. The first-order valence-corrected chi connectivity index (χ1v) is 6.29. The summed E-state index contributed by atoms with van der Waals surface area (Å²) in [5.74, 6) is 0.968. The number of aryl methyl sites for hydroxylation is 2. The van der Waals surface area contributed by atoms with Crippen LogP contribution >= 0.6 is 0 Å². The quantitative estimate of drug-likeness (QED) is 0.833. The van der Waals surface area contributed by atoms with Gasteiger partial charge in [0, 0.05) is 5.41 Å². The highest BCUT2D eigenvalue weighted by Crippen LogP contribution is 2.21. The van der Waals surface area contributed by atoms with Crippen LogP contribution in [0.25, 0.3) is 0 Å². The first kappa shape index (κ1) is 14.6. The molecule has 1 aromatic rings. The molecule has 0 saturated heterocycles. The van der Waals surface area contributed by atoms with Gasteiger partial charge in [0.1, 0.15) is 12.4 Å². The lowest BCUT2D eigenvalue weighted by Crippen LogP contribution is -2.37. The maximum atomic E-state index is 11.6. The molecule has 1 N–H and O–H groups in total. The third kappa shape index (κ3) is 4.06. The van der Waals surface area contributed by atoms with Gasteiger partial charge in [0.15, 0.2) is 0 Å². The summed E-state index contributed by atoms with van der Waals surface area (Å²) in [6, 6.07) is 6.06. The van der Waals surface area contributed by atoms with Gasteiger partial charge in [-0.05, 0) is 25.0 Å². The highest BCUT2D eigenvalue weighted by Gasteiger charge is 2.20. The van der Waals surface area contributed by atoms with E-state index in [1.54, 1.807) is 0 Å². The van der Waals surface area contributed by atoms with Gasteiger partial charge in [-0.1, -0.05) is 39.0 Å². The van der Waals surface area contributed by atoms with Crippen molar-refractivity contribution in [1.82, 2.24) is 5.32 Å². The summed E-state index contributed by atoms with van der Waals surface area (Å²) in [6.07, 6.45) is 0. The number of hydrogen-bond donors (Lipinski definition) is 1. The van der Waals surface area contributed by atoms with E-state index in [2.05, 4.69) is 5.32 Å². The van der Waals surface area contributed by atoms with E-state index in [4.69, 9.17) is 4.74 Å². The molecule has 18 heavy (non-hydrogen) atoms. The van der Waals surface area contributed by atoms with Crippen LogP contribution in [0, 0.1) is 19.3 Å². The lowest BCUT2D eigenvalue weighted by molar-refractivity contribution is -0.128. The second-order valence-electron chi connectivity index (χ2n) is 5.58. The molecule has 0 bridgehead atoms. The molecule has 0 aliphatic heterocycles. The van der Waals surface area contributed by atoms with Crippen LogP contribution < -0.4 is 10.1 Å². The van der Waals surface area contributed by atoms with Crippen molar-refractivity contribution in [3.8, 4) is 5.75 Å². The minimum absolute atomic E-state index is 0.0487. The lowest BCUT2D eigenvalue weighted by Gasteiger charge is -2.18. The van der Waals surface area contributed by atoms with Crippen LogP contribution in [-0.4, -0.2) is 19.1 Å². The molecule has 100 valence electrons. The van der Waals surface area contributed by atoms with Crippen LogP contribution in [0.4, 0.5) is 0 Å². The van der Waals surface area contributed by atoms with E-state index >= 15 is 0 Å². The molecule has 0 heterocycles. The normalized spacial score (nSPS) is 11.2. The van der Waals surface area contributed by atoms with Gasteiger partial charge in [0.2, 0.25) is 5.91 Å². The minimum atomic E-state index is -0.349. The van der Waals surface area contributed by atoms with E-state index in [1.165, 1.54) is 0 Å². The summed E-state index contributed by atoms with van der Waals surface area (Å²) < 4.78 is 5.72. The van der Waals surface area contributed by atoms with E-state index in [0.717, 1.165) is 16.9 Å². The summed E-state index contributed by atoms with van der Waals surface area (Å²) in [5, 5.41) is 2.87. The zero-order valence-corrected chi connectivity index (χ0v) is 12.0. The molecular formula is C15H23NO2. The molecule has 3 nitrogen and oxygen atoms in total. The fourth-order valence-corrected chi connectivity index (χ4v) is 1.61. The van der Waals surface area contributed by atoms with Crippen molar-refractivity contribution in [2.24, 2.45) is 5.41 Å². The number of rotatable bonds is 4. The number of benzene rings is 1. The molecule has 0 unspecified atom stereocenters. The smallest absolute Gasteiger partial charge is 0.225 e. The van der Waals surface area contributed by atoms with E-state index in [-0.39, 0.29) is 11.3 Å². The molecular weight excluding hydrogens is 226 g/mol. The average Bonchev–Trinajstić information content (AvgIpc) is 2.25. The van der Waals surface area contributed by atoms with Crippen molar-refractivity contribution >= 4 is 5.91 Å². The van der Waals surface area contributed by atoms with Crippen molar-refractivity contribution in [3.63, 3.8) is 0 Å². The van der Waals surface area contributed by atoms with E-state index in [1.807, 2.05) is 52.8 Å². The van der Waals surface area contributed by atoms with Crippen LogP contribution in [0.15, 0.2) is 18.2 Å². The Morgan fingerprint density at radius 3 is 2.28 bits per heavy atom. The summed E-state index contributed by atoms with van der Waals surface area (Å²) in [7, 11) is 0. The number of nitrogens with one attached hydrogen (secondary N) is 1. The number of hydrogen-bond acceptors (Lipinski definition) is 2. The van der Waals surface area contributed by atoms with Gasteiger partial charge in [-0.15, -0.1) is 0 Å².